The van der Waals surface area contributed by atoms with Crippen molar-refractivity contribution < 1.29 is 45.4 Å². The molecule has 2 aromatic carbocycles. The number of carbonyl (C=O) groups excluding carboxylic acids is 2. The number of nitrogens with zero attached hydrogens (tertiary/aromatic N) is 5. The van der Waals surface area contributed by atoms with Crippen molar-refractivity contribution in [2.24, 2.45) is 7.05 Å². The molecule has 0 aliphatic carbocycles. The summed E-state index contributed by atoms with van der Waals surface area (Å²) in [5, 5.41) is 3.38. The monoisotopic (exact) mass is 712 g/mol. The van der Waals surface area contributed by atoms with E-state index in [2.05, 4.69) is 20.2 Å². The Labute approximate surface area is 287 Å². The highest BCUT2D eigenvalue weighted by molar-refractivity contribution is 6.04. The molecule has 16 heteroatoms. The molecule has 5 aromatic rings. The first kappa shape index (κ1) is 35.2. The maximum atomic E-state index is 13.5. The molecule has 4 heterocycles. The molecule has 1 aliphatic rings. The molecule has 0 radical (unpaired) electrons. The lowest BCUT2D eigenvalue weighted by atomic mass is 10.2. The van der Waals surface area contributed by atoms with Gasteiger partial charge in [0.15, 0.2) is 6.61 Å². The van der Waals surface area contributed by atoms with Crippen LogP contribution < -0.4 is 14.8 Å². The zero-order valence-electron chi connectivity index (χ0n) is 27.0. The third kappa shape index (κ3) is 8.75. The first-order valence-corrected chi connectivity index (χ1v) is 15.6. The predicted octanol–water partition coefficient (Wildman–Crippen LogP) is 6.93. The number of alkyl halides is 6. The third-order valence-corrected chi connectivity index (χ3v) is 8.16. The van der Waals surface area contributed by atoms with E-state index in [0.29, 0.717) is 49.9 Å². The Morgan fingerprint density at radius 1 is 0.824 bits per heavy atom. The lowest BCUT2D eigenvalue weighted by Crippen LogP contribution is -2.48. The molecule has 0 atom stereocenters. The van der Waals surface area contributed by atoms with Crippen LogP contribution in [0.15, 0.2) is 85.2 Å². The molecule has 1 saturated heterocycles. The van der Waals surface area contributed by atoms with Crippen LogP contribution in [0.4, 0.5) is 32.0 Å². The second-order valence-electron chi connectivity index (χ2n) is 11.8. The largest absolute Gasteiger partial charge is 0.484 e. The number of anilines is 1. The Bertz CT molecular complexity index is 2010. The standard InChI is InChI=1S/C35H30F6N6O4/c1-45-28-17-27(51-31-11-6-25(19-43-31)44-32(48)24-5-10-30(42-18-24)35(39,40)41)9-4-23(28)16-29(45)33(49)47-14-12-46(13-15-47)20-22-2-7-26(8-3-22)50-21-34(36,37)38/h2-11,16-19H,12-15,20-21H2,1H3,(H,44,48). The highest BCUT2D eigenvalue weighted by Gasteiger charge is 2.32. The first-order chi connectivity index (χ1) is 24.2. The minimum atomic E-state index is -4.61. The van der Waals surface area contributed by atoms with Crippen LogP contribution >= 0.6 is 0 Å². The molecule has 1 aliphatic heterocycles. The number of aromatic nitrogens is 3. The van der Waals surface area contributed by atoms with Crippen LogP contribution in [0.3, 0.4) is 0 Å². The number of rotatable bonds is 9. The maximum Gasteiger partial charge on any atom is 0.433 e. The smallest absolute Gasteiger partial charge is 0.433 e. The van der Waals surface area contributed by atoms with Crippen molar-refractivity contribution >= 4 is 28.4 Å². The van der Waals surface area contributed by atoms with Crippen molar-refractivity contribution in [3.8, 4) is 17.4 Å². The Hall–Kier alpha value is -5.64. The van der Waals surface area contributed by atoms with Crippen molar-refractivity contribution in [3.05, 3.63) is 108 Å². The summed E-state index contributed by atoms with van der Waals surface area (Å²) in [7, 11) is 1.79. The fourth-order valence-corrected chi connectivity index (χ4v) is 5.50. The number of pyridine rings is 2. The summed E-state index contributed by atoms with van der Waals surface area (Å²) in [5.41, 5.74) is 1.33. The number of hydrogen-bond acceptors (Lipinski definition) is 7. The average molecular weight is 713 g/mol. The molecule has 10 nitrogen and oxygen atoms in total. The van der Waals surface area contributed by atoms with Gasteiger partial charge in [-0.3, -0.25) is 19.5 Å². The van der Waals surface area contributed by atoms with Crippen LogP contribution in [0.1, 0.15) is 32.1 Å². The molecule has 266 valence electrons. The summed E-state index contributed by atoms with van der Waals surface area (Å²) >= 11 is 0. The van der Waals surface area contributed by atoms with Crippen LogP contribution in [0.25, 0.3) is 10.9 Å². The summed E-state index contributed by atoms with van der Waals surface area (Å²) < 4.78 is 87.9. The predicted molar refractivity (Wildman–Crippen MR) is 174 cm³/mol. The van der Waals surface area contributed by atoms with Crippen LogP contribution in [0.5, 0.6) is 17.4 Å². The van der Waals surface area contributed by atoms with Crippen molar-refractivity contribution in [1.29, 1.82) is 0 Å². The van der Waals surface area contributed by atoms with Gasteiger partial charge in [0.1, 0.15) is 22.9 Å². The molecule has 6 rings (SSSR count). The molecule has 0 spiro atoms. The number of hydrogen-bond donors (Lipinski definition) is 1. The van der Waals surface area contributed by atoms with Gasteiger partial charge in [-0.1, -0.05) is 12.1 Å². The fourth-order valence-electron chi connectivity index (χ4n) is 5.50. The van der Waals surface area contributed by atoms with Crippen LogP contribution in [0.2, 0.25) is 0 Å². The number of piperazine rings is 1. The average Bonchev–Trinajstić information content (AvgIpc) is 3.43. The van der Waals surface area contributed by atoms with Crippen molar-refractivity contribution in [1.82, 2.24) is 24.3 Å². The second kappa shape index (κ2) is 14.3. The van der Waals surface area contributed by atoms with Gasteiger partial charge in [-0.25, -0.2) is 4.98 Å². The topological polar surface area (TPSA) is 102 Å². The number of fused-ring (bicyclic) bond motifs is 1. The van der Waals surface area contributed by atoms with Crippen LogP contribution in [-0.2, 0) is 19.8 Å². The van der Waals surface area contributed by atoms with Gasteiger partial charge in [0.25, 0.3) is 11.8 Å². The third-order valence-electron chi connectivity index (χ3n) is 8.16. The van der Waals surface area contributed by atoms with E-state index in [9.17, 15) is 35.9 Å². The van der Waals surface area contributed by atoms with Crippen molar-refractivity contribution in [2.75, 3.05) is 38.1 Å². The molecule has 51 heavy (non-hydrogen) atoms. The molecule has 1 N–H and O–H groups in total. The zero-order valence-corrected chi connectivity index (χ0v) is 27.0. The molecule has 0 saturated carbocycles. The normalized spacial score (nSPS) is 14.1. The van der Waals surface area contributed by atoms with Gasteiger partial charge in [-0.2, -0.15) is 26.3 Å². The lowest BCUT2D eigenvalue weighted by molar-refractivity contribution is -0.153. The number of aryl methyl sites for hydroxylation is 1. The number of halogens is 6. The minimum absolute atomic E-state index is 0.0533. The van der Waals surface area contributed by atoms with E-state index >= 15 is 0 Å². The Morgan fingerprint density at radius 2 is 1.55 bits per heavy atom. The highest BCUT2D eigenvalue weighted by atomic mass is 19.4. The Balaban J connectivity index is 1.02. The van der Waals surface area contributed by atoms with Crippen molar-refractivity contribution in [3.63, 3.8) is 0 Å². The van der Waals surface area contributed by atoms with E-state index in [1.165, 1.54) is 30.5 Å². The Morgan fingerprint density at radius 3 is 2.18 bits per heavy atom. The van der Waals surface area contributed by atoms with Crippen molar-refractivity contribution in [2.45, 2.75) is 18.9 Å². The van der Waals surface area contributed by atoms with E-state index in [1.54, 1.807) is 40.8 Å². The maximum absolute atomic E-state index is 13.5. The molecular weight excluding hydrogens is 682 g/mol. The molecule has 1 fully saturated rings. The molecule has 2 amide bonds. The summed E-state index contributed by atoms with van der Waals surface area (Å²) in [6.07, 6.45) is -6.82. The zero-order chi connectivity index (χ0) is 36.3. The van der Waals surface area contributed by atoms with E-state index < -0.39 is 30.6 Å². The van der Waals surface area contributed by atoms with E-state index in [-0.39, 0.29) is 23.1 Å². The van der Waals surface area contributed by atoms with E-state index in [4.69, 9.17) is 9.47 Å². The van der Waals surface area contributed by atoms with E-state index in [1.807, 2.05) is 12.1 Å². The quantitative estimate of drug-likeness (QED) is 0.166. The van der Waals surface area contributed by atoms with E-state index in [0.717, 1.165) is 34.8 Å². The number of ether oxygens (including phenoxy) is 2. The van der Waals surface area contributed by atoms with Gasteiger partial charge in [-0.05, 0) is 54.1 Å². The molecule has 0 unspecified atom stereocenters. The SMILES string of the molecule is Cn1c(C(=O)N2CCN(Cc3ccc(OCC(F)(F)F)cc3)CC2)cc2ccc(Oc3ccc(NC(=O)c4ccc(C(F)(F)F)nc4)cn3)cc21. The van der Waals surface area contributed by atoms with Crippen LogP contribution in [0, 0.1) is 0 Å². The summed E-state index contributed by atoms with van der Waals surface area (Å²) in [5.74, 6) is 0.0514. The second-order valence-corrected chi connectivity index (χ2v) is 11.8. The number of nitrogens with one attached hydrogen (secondary N) is 1. The van der Waals surface area contributed by atoms with Gasteiger partial charge in [-0.15, -0.1) is 0 Å². The first-order valence-electron chi connectivity index (χ1n) is 15.6. The molecule has 0 bridgehead atoms. The molecule has 3 aromatic heterocycles. The van der Waals surface area contributed by atoms with Gasteiger partial charge in [0.05, 0.1) is 23.0 Å². The minimum Gasteiger partial charge on any atom is -0.484 e. The summed E-state index contributed by atoms with van der Waals surface area (Å²) in [6, 6.07) is 18.5. The van der Waals surface area contributed by atoms with Gasteiger partial charge in [0.2, 0.25) is 5.88 Å². The van der Waals surface area contributed by atoms with Gasteiger partial charge in [0, 0.05) is 63.5 Å². The summed E-state index contributed by atoms with van der Waals surface area (Å²) in [6.45, 7) is 1.51. The van der Waals surface area contributed by atoms with Gasteiger partial charge >= 0.3 is 12.4 Å². The number of benzene rings is 2. The summed E-state index contributed by atoms with van der Waals surface area (Å²) in [4.78, 5) is 37.4. The highest BCUT2D eigenvalue weighted by Crippen LogP contribution is 2.29. The number of amides is 2. The van der Waals surface area contributed by atoms with Crippen LogP contribution in [-0.4, -0.2) is 75.1 Å². The fraction of sp³-hybridized carbons (Fsp3) is 0.257. The Kier molecular flexibility index (Phi) is 9.87. The lowest BCUT2D eigenvalue weighted by Gasteiger charge is -2.34. The number of carbonyl (C=O) groups is 2. The van der Waals surface area contributed by atoms with Gasteiger partial charge < -0.3 is 24.3 Å². The molecular formula is C35H30F6N6O4.